The molecule has 1 aliphatic heterocycles. The smallest absolute Gasteiger partial charge is 0.338 e. The summed E-state index contributed by atoms with van der Waals surface area (Å²) in [6.07, 6.45) is 2.80. The highest BCUT2D eigenvalue weighted by Crippen LogP contribution is 2.17. The fourth-order valence-electron chi connectivity index (χ4n) is 3.59. The van der Waals surface area contributed by atoms with E-state index in [0.717, 1.165) is 31.5 Å². The van der Waals surface area contributed by atoms with Crippen molar-refractivity contribution in [2.75, 3.05) is 5.32 Å². The number of hydrogen-bond acceptors (Lipinski definition) is 5. The van der Waals surface area contributed by atoms with Crippen LogP contribution in [0.2, 0.25) is 0 Å². The topological polar surface area (TPSA) is 90.3 Å². The standard InChI is InChI=1S/C23H23N3O4/c1-15(21(27)24-17-8-4-2-5-9-17)30-23(29)16-11-12-18-19(14-16)25-20-10-6-3-7-13-26(20)22(18)28/h2,4-5,8-9,11-12,14-15H,3,6-7,10,13H2,1H3,(H,24,27). The molecule has 1 aromatic heterocycles. The summed E-state index contributed by atoms with van der Waals surface area (Å²) in [5.74, 6) is -0.299. The molecule has 2 aromatic carbocycles. The summed E-state index contributed by atoms with van der Waals surface area (Å²) in [5.41, 5.74) is 1.28. The number of fused-ring (bicyclic) bond motifs is 2. The Balaban J connectivity index is 1.53. The molecule has 1 aliphatic rings. The van der Waals surface area contributed by atoms with Crippen molar-refractivity contribution >= 4 is 28.5 Å². The van der Waals surface area contributed by atoms with Crippen molar-refractivity contribution in [1.29, 1.82) is 0 Å². The lowest BCUT2D eigenvalue weighted by atomic mass is 10.1. The predicted octanol–water partition coefficient (Wildman–Crippen LogP) is 3.31. The average Bonchev–Trinajstić information content (AvgIpc) is 3.00. The highest BCUT2D eigenvalue weighted by Gasteiger charge is 2.20. The number of carbonyl (C=O) groups excluding carboxylic acids is 2. The van der Waals surface area contributed by atoms with Crippen molar-refractivity contribution in [2.45, 2.75) is 45.3 Å². The molecule has 0 radical (unpaired) electrons. The quantitative estimate of drug-likeness (QED) is 0.673. The second kappa shape index (κ2) is 8.49. The number of ether oxygens (including phenoxy) is 1. The van der Waals surface area contributed by atoms with Crippen molar-refractivity contribution in [3.8, 4) is 0 Å². The van der Waals surface area contributed by atoms with Crippen LogP contribution in [0.5, 0.6) is 0 Å². The molecule has 1 unspecified atom stereocenters. The monoisotopic (exact) mass is 405 g/mol. The van der Waals surface area contributed by atoms with Gasteiger partial charge in [0.15, 0.2) is 6.10 Å². The molecule has 0 fully saturated rings. The first-order valence-electron chi connectivity index (χ1n) is 10.1. The van der Waals surface area contributed by atoms with Crippen LogP contribution in [-0.4, -0.2) is 27.5 Å². The Labute approximate surface area is 173 Å². The number of aryl methyl sites for hydroxylation is 1. The Morgan fingerprint density at radius 1 is 1.10 bits per heavy atom. The first-order valence-corrected chi connectivity index (χ1v) is 10.1. The van der Waals surface area contributed by atoms with Gasteiger partial charge in [-0.05, 0) is 50.1 Å². The van der Waals surface area contributed by atoms with E-state index in [1.807, 2.05) is 6.07 Å². The van der Waals surface area contributed by atoms with Crippen LogP contribution in [0, 0.1) is 0 Å². The minimum Gasteiger partial charge on any atom is -0.449 e. The minimum atomic E-state index is -0.973. The van der Waals surface area contributed by atoms with Gasteiger partial charge in [-0.25, -0.2) is 9.78 Å². The fraction of sp³-hybridized carbons (Fsp3) is 0.304. The van der Waals surface area contributed by atoms with Crippen LogP contribution < -0.4 is 10.9 Å². The average molecular weight is 405 g/mol. The molecule has 0 bridgehead atoms. The Morgan fingerprint density at radius 3 is 2.70 bits per heavy atom. The lowest BCUT2D eigenvalue weighted by Gasteiger charge is -2.14. The normalized spacial score (nSPS) is 14.4. The van der Waals surface area contributed by atoms with Gasteiger partial charge in [0.05, 0.1) is 16.5 Å². The van der Waals surface area contributed by atoms with E-state index in [2.05, 4.69) is 10.3 Å². The largest absolute Gasteiger partial charge is 0.449 e. The van der Waals surface area contributed by atoms with Crippen LogP contribution >= 0.6 is 0 Å². The number of carbonyl (C=O) groups is 2. The molecule has 1 amide bonds. The first kappa shape index (κ1) is 19.8. The van der Waals surface area contributed by atoms with Gasteiger partial charge < -0.3 is 10.1 Å². The number of aromatic nitrogens is 2. The zero-order valence-electron chi connectivity index (χ0n) is 16.8. The number of benzene rings is 2. The second-order valence-corrected chi connectivity index (χ2v) is 7.43. The molecular weight excluding hydrogens is 382 g/mol. The minimum absolute atomic E-state index is 0.0765. The summed E-state index contributed by atoms with van der Waals surface area (Å²) >= 11 is 0. The summed E-state index contributed by atoms with van der Waals surface area (Å²) in [6, 6.07) is 13.7. The van der Waals surface area contributed by atoms with Gasteiger partial charge in [0, 0.05) is 18.7 Å². The maximum atomic E-state index is 12.8. The van der Waals surface area contributed by atoms with Gasteiger partial charge in [-0.15, -0.1) is 0 Å². The molecular formula is C23H23N3O4. The molecule has 0 spiro atoms. The van der Waals surface area contributed by atoms with Gasteiger partial charge in [0.1, 0.15) is 5.82 Å². The van der Waals surface area contributed by atoms with E-state index in [1.54, 1.807) is 47.0 Å². The number of rotatable bonds is 4. The number of amides is 1. The van der Waals surface area contributed by atoms with Gasteiger partial charge in [-0.2, -0.15) is 0 Å². The van der Waals surface area contributed by atoms with E-state index in [1.165, 1.54) is 6.92 Å². The Hall–Kier alpha value is -3.48. The van der Waals surface area contributed by atoms with Crippen LogP contribution in [-0.2, 0) is 22.5 Å². The number of nitrogens with zero attached hydrogens (tertiary/aromatic N) is 2. The molecule has 0 aliphatic carbocycles. The van der Waals surface area contributed by atoms with Crippen molar-refractivity contribution in [1.82, 2.24) is 9.55 Å². The zero-order valence-corrected chi connectivity index (χ0v) is 16.8. The summed E-state index contributed by atoms with van der Waals surface area (Å²) in [7, 11) is 0. The summed E-state index contributed by atoms with van der Waals surface area (Å²) in [6.45, 7) is 2.19. The molecule has 2 heterocycles. The number of hydrogen-bond donors (Lipinski definition) is 1. The van der Waals surface area contributed by atoms with E-state index in [-0.39, 0.29) is 11.1 Å². The summed E-state index contributed by atoms with van der Waals surface area (Å²) in [4.78, 5) is 42.3. The van der Waals surface area contributed by atoms with Crippen LogP contribution in [0.1, 0.15) is 42.4 Å². The molecule has 0 saturated heterocycles. The lowest BCUT2D eigenvalue weighted by molar-refractivity contribution is -0.123. The van der Waals surface area contributed by atoms with Gasteiger partial charge in [-0.1, -0.05) is 24.6 Å². The molecule has 1 N–H and O–H groups in total. The van der Waals surface area contributed by atoms with Crippen LogP contribution in [0.15, 0.2) is 53.3 Å². The predicted molar refractivity (Wildman–Crippen MR) is 114 cm³/mol. The number of nitrogens with one attached hydrogen (secondary N) is 1. The molecule has 3 aromatic rings. The molecule has 7 heteroatoms. The van der Waals surface area contributed by atoms with Gasteiger partial charge in [0.2, 0.25) is 0 Å². The number of para-hydroxylation sites is 1. The molecule has 7 nitrogen and oxygen atoms in total. The SMILES string of the molecule is CC(OC(=O)c1ccc2c(=O)n3c(nc2c1)CCCCC3)C(=O)Nc1ccccc1. The molecule has 4 rings (SSSR count). The Morgan fingerprint density at radius 2 is 1.90 bits per heavy atom. The second-order valence-electron chi connectivity index (χ2n) is 7.43. The third-order valence-electron chi connectivity index (χ3n) is 5.25. The molecule has 154 valence electrons. The lowest BCUT2D eigenvalue weighted by Crippen LogP contribution is -2.30. The van der Waals surface area contributed by atoms with Gasteiger partial charge in [-0.3, -0.25) is 14.2 Å². The third-order valence-corrected chi connectivity index (χ3v) is 5.25. The fourth-order valence-corrected chi connectivity index (χ4v) is 3.59. The maximum Gasteiger partial charge on any atom is 0.338 e. The number of anilines is 1. The van der Waals surface area contributed by atoms with E-state index < -0.39 is 18.0 Å². The van der Waals surface area contributed by atoms with Crippen molar-refractivity contribution in [3.63, 3.8) is 0 Å². The molecule has 0 saturated carbocycles. The van der Waals surface area contributed by atoms with Crippen LogP contribution in [0.3, 0.4) is 0 Å². The van der Waals surface area contributed by atoms with Crippen LogP contribution in [0.4, 0.5) is 5.69 Å². The Bertz CT molecular complexity index is 1150. The van der Waals surface area contributed by atoms with Crippen LogP contribution in [0.25, 0.3) is 10.9 Å². The molecule has 30 heavy (non-hydrogen) atoms. The zero-order chi connectivity index (χ0) is 21.1. The highest BCUT2D eigenvalue weighted by atomic mass is 16.5. The molecule has 1 atom stereocenters. The van der Waals surface area contributed by atoms with Crippen molar-refractivity contribution < 1.29 is 14.3 Å². The maximum absolute atomic E-state index is 12.8. The number of esters is 1. The van der Waals surface area contributed by atoms with Crippen molar-refractivity contribution in [2.24, 2.45) is 0 Å². The van der Waals surface area contributed by atoms with Gasteiger partial charge >= 0.3 is 5.97 Å². The van der Waals surface area contributed by atoms with E-state index in [9.17, 15) is 14.4 Å². The third kappa shape index (κ3) is 4.10. The first-order chi connectivity index (χ1) is 14.5. The van der Waals surface area contributed by atoms with Gasteiger partial charge in [0.25, 0.3) is 11.5 Å². The summed E-state index contributed by atoms with van der Waals surface area (Å²) in [5, 5.41) is 3.18. The Kier molecular flexibility index (Phi) is 5.61. The highest BCUT2D eigenvalue weighted by molar-refractivity contribution is 5.98. The van der Waals surface area contributed by atoms with E-state index in [4.69, 9.17) is 4.74 Å². The van der Waals surface area contributed by atoms with Crippen molar-refractivity contribution in [3.05, 3.63) is 70.3 Å². The summed E-state index contributed by atoms with van der Waals surface area (Å²) < 4.78 is 7.06. The van der Waals surface area contributed by atoms with E-state index in [0.29, 0.717) is 23.1 Å². The van der Waals surface area contributed by atoms with E-state index >= 15 is 0 Å².